The van der Waals surface area contributed by atoms with Gasteiger partial charge in [0.05, 0.1) is 0 Å². The molecule has 6 aromatic carbocycles. The first kappa shape index (κ1) is 40.6. The molecular weight excluding hydrogens is 865 g/mol. The number of ether oxygens (including phenoxy) is 6. The molecule has 0 spiro atoms. The van der Waals surface area contributed by atoms with Gasteiger partial charge < -0.3 is 28.4 Å². The van der Waals surface area contributed by atoms with Crippen LogP contribution in [-0.2, 0) is 38.5 Å². The molecule has 0 amide bonds. The standard InChI is InChI=1S/C57H42N6O6/c1-4-46-47(5-1)53-59-58-52(46)64-40-22-10-34(11-23-40)36-14-26-42(27-15-36)66-54-48-6-2-8-50(48)56(62-60-54)68-44-30-18-38(19-31-44)39-20-32-45(33-21-39)69-57-51-9-3-7-49(51)55(61-63-57)67-43-28-16-37(17-29-43)35-12-24-41(65-53)25-13-35/h10-33H,1-9H2. The zero-order valence-electron chi connectivity index (χ0n) is 37.4. The summed E-state index contributed by atoms with van der Waals surface area (Å²) in [4.78, 5) is 0. The largest absolute Gasteiger partial charge is 0.437 e. The van der Waals surface area contributed by atoms with Crippen molar-refractivity contribution in [2.75, 3.05) is 0 Å². The van der Waals surface area contributed by atoms with E-state index in [1.807, 2.05) is 146 Å². The molecule has 0 saturated carbocycles. The van der Waals surface area contributed by atoms with Crippen molar-refractivity contribution in [3.63, 3.8) is 0 Å². The Kier molecular flexibility index (Phi) is 10.1. The van der Waals surface area contributed by atoms with Gasteiger partial charge in [-0.15, -0.1) is 30.6 Å². The fraction of sp³-hybridized carbons (Fsp3) is 0.158. The summed E-state index contributed by atoms with van der Waals surface area (Å²) in [6.07, 6.45) is 7.95. The molecule has 3 aliphatic carbocycles. The molecule has 0 N–H and O–H groups in total. The Hall–Kier alpha value is -8.64. The van der Waals surface area contributed by atoms with E-state index >= 15 is 0 Å². The molecule has 30 rings (SSSR count). The van der Waals surface area contributed by atoms with Gasteiger partial charge in [0.15, 0.2) is 0 Å². The monoisotopic (exact) mass is 906 g/mol. The average Bonchev–Trinajstić information content (AvgIpc) is 4.21. The maximum Gasteiger partial charge on any atom is 0.242 e. The fourth-order valence-electron chi connectivity index (χ4n) is 9.74. The zero-order valence-corrected chi connectivity index (χ0v) is 37.4. The highest BCUT2D eigenvalue weighted by Gasteiger charge is 2.27. The molecular formula is C57H42N6O6. The van der Waals surface area contributed by atoms with Crippen LogP contribution < -0.4 is 28.4 Å². The third-order valence-electron chi connectivity index (χ3n) is 13.3. The topological polar surface area (TPSA) is 133 Å². The molecule has 21 aliphatic rings. The first-order valence-corrected chi connectivity index (χ1v) is 23.4. The number of hydrogen-bond acceptors (Lipinski definition) is 12. The zero-order chi connectivity index (χ0) is 45.7. The summed E-state index contributed by atoms with van der Waals surface area (Å²) in [6, 6.07) is 47.9. The fourth-order valence-corrected chi connectivity index (χ4v) is 9.74. The number of nitrogens with zero attached hydrogens (tertiary/aromatic N) is 6. The molecule has 0 fully saturated rings. The Morgan fingerprint density at radius 1 is 0.203 bits per heavy atom. The highest BCUT2D eigenvalue weighted by molar-refractivity contribution is 5.68. The first-order chi connectivity index (χ1) is 34.1. The molecule has 0 atom stereocenters. The molecule has 69 heavy (non-hydrogen) atoms. The van der Waals surface area contributed by atoms with Crippen LogP contribution in [-0.4, -0.2) is 30.6 Å². The molecule has 12 heteroatoms. The number of rotatable bonds is 0. The molecule has 0 radical (unpaired) electrons. The predicted octanol–water partition coefficient (Wildman–Crippen LogP) is 13.6. The summed E-state index contributed by atoms with van der Waals surface area (Å²) < 4.78 is 38.1. The summed E-state index contributed by atoms with van der Waals surface area (Å²) in [6.45, 7) is 0. The Morgan fingerprint density at radius 3 is 0.493 bits per heavy atom. The van der Waals surface area contributed by atoms with Crippen molar-refractivity contribution in [2.45, 2.75) is 57.8 Å². The average molecular weight is 907 g/mol. The Balaban J connectivity index is 0.796. The molecule has 0 unspecified atom stereocenters. The summed E-state index contributed by atoms with van der Waals surface area (Å²) in [5, 5.41) is 27.0. The summed E-state index contributed by atoms with van der Waals surface area (Å²) in [5.74, 6) is 7.13. The number of aromatic nitrogens is 6. The van der Waals surface area contributed by atoms with E-state index in [9.17, 15) is 0 Å². The lowest BCUT2D eigenvalue weighted by Gasteiger charge is -2.14. The van der Waals surface area contributed by atoms with Crippen molar-refractivity contribution < 1.29 is 28.4 Å². The van der Waals surface area contributed by atoms with Gasteiger partial charge in [-0.3, -0.25) is 0 Å². The Labute approximate surface area is 397 Å². The lowest BCUT2D eigenvalue weighted by Crippen LogP contribution is -2.01. The van der Waals surface area contributed by atoms with Crippen molar-refractivity contribution in [3.8, 4) is 103 Å². The Bertz CT molecular complexity index is 2800. The molecule has 3 aromatic heterocycles. The number of benzene rings is 6. The second-order valence-electron chi connectivity index (χ2n) is 17.6. The molecule has 18 aliphatic heterocycles. The van der Waals surface area contributed by atoms with Crippen molar-refractivity contribution in [1.82, 2.24) is 30.6 Å². The summed E-state index contributed by atoms with van der Waals surface area (Å²) in [5.41, 5.74) is 12.4. The maximum absolute atomic E-state index is 6.34. The van der Waals surface area contributed by atoms with Crippen LogP contribution in [0.5, 0.6) is 69.8 Å². The van der Waals surface area contributed by atoms with Crippen molar-refractivity contribution >= 4 is 0 Å². The summed E-state index contributed by atoms with van der Waals surface area (Å²) >= 11 is 0. The van der Waals surface area contributed by atoms with E-state index in [0.717, 1.165) is 125 Å². The van der Waals surface area contributed by atoms with Crippen LogP contribution in [0.25, 0.3) is 33.4 Å². The van der Waals surface area contributed by atoms with Gasteiger partial charge in [0.2, 0.25) is 35.3 Å². The van der Waals surface area contributed by atoms with E-state index < -0.39 is 0 Å². The minimum Gasteiger partial charge on any atom is -0.437 e. The van der Waals surface area contributed by atoms with Crippen LogP contribution in [0.15, 0.2) is 146 Å². The maximum atomic E-state index is 6.34. The summed E-state index contributed by atoms with van der Waals surface area (Å²) in [7, 11) is 0. The molecule has 9 aromatic rings. The SMILES string of the molecule is c1cc2ccc1Oc1nnc(c3c1CCC3)Oc1ccc(cc1)-c1ccc(cc1)Oc1nnc(c3c1CCC3)Oc1ccc(cc1)-c1ccc(cc1)Oc1nnc(c3c1CCC3)Oc1ccc-2cc1. The van der Waals surface area contributed by atoms with Gasteiger partial charge in [0.25, 0.3) is 0 Å². The molecule has 0 saturated heterocycles. The van der Waals surface area contributed by atoms with Crippen molar-refractivity contribution in [1.29, 1.82) is 0 Å². The van der Waals surface area contributed by atoms with E-state index in [1.54, 1.807) is 0 Å². The third-order valence-corrected chi connectivity index (χ3v) is 13.3. The Morgan fingerprint density at radius 2 is 0.348 bits per heavy atom. The normalized spacial score (nSPS) is 14.3. The predicted molar refractivity (Wildman–Crippen MR) is 258 cm³/mol. The van der Waals surface area contributed by atoms with E-state index in [-0.39, 0.29) is 0 Å². The van der Waals surface area contributed by atoms with Gasteiger partial charge in [-0.2, -0.15) is 0 Å². The van der Waals surface area contributed by atoms with Crippen LogP contribution in [0.3, 0.4) is 0 Å². The van der Waals surface area contributed by atoms with Gasteiger partial charge in [-0.05, 0) is 164 Å². The van der Waals surface area contributed by atoms with Crippen molar-refractivity contribution in [3.05, 3.63) is 179 Å². The van der Waals surface area contributed by atoms with Gasteiger partial charge in [-0.25, -0.2) is 0 Å². The lowest BCUT2D eigenvalue weighted by atomic mass is 10.1. The van der Waals surface area contributed by atoms with Crippen LogP contribution in [0.4, 0.5) is 0 Å². The lowest BCUT2D eigenvalue weighted by molar-refractivity contribution is 0.420. The van der Waals surface area contributed by atoms with Crippen molar-refractivity contribution in [2.24, 2.45) is 0 Å². The van der Waals surface area contributed by atoms with Gasteiger partial charge in [0, 0.05) is 33.4 Å². The quantitative estimate of drug-likeness (QED) is 0.143. The van der Waals surface area contributed by atoms with Gasteiger partial charge in [-0.1, -0.05) is 72.8 Å². The third kappa shape index (κ3) is 7.99. The second-order valence-corrected chi connectivity index (χ2v) is 17.6. The molecule has 18 bridgehead atoms. The number of hydrogen-bond donors (Lipinski definition) is 0. The first-order valence-electron chi connectivity index (χ1n) is 23.4. The van der Waals surface area contributed by atoms with E-state index in [4.69, 9.17) is 28.4 Å². The van der Waals surface area contributed by atoms with E-state index in [2.05, 4.69) is 30.6 Å². The van der Waals surface area contributed by atoms with Crippen LogP contribution in [0, 0.1) is 0 Å². The second kappa shape index (κ2) is 17.2. The smallest absolute Gasteiger partial charge is 0.242 e. The van der Waals surface area contributed by atoms with Crippen LogP contribution in [0.2, 0.25) is 0 Å². The highest BCUT2D eigenvalue weighted by atomic mass is 16.5. The van der Waals surface area contributed by atoms with Gasteiger partial charge >= 0.3 is 0 Å². The van der Waals surface area contributed by atoms with Crippen LogP contribution >= 0.6 is 0 Å². The highest BCUT2D eigenvalue weighted by Crippen LogP contribution is 2.42. The molecule has 12 nitrogen and oxygen atoms in total. The molecule has 21 heterocycles. The molecule has 336 valence electrons. The van der Waals surface area contributed by atoms with Gasteiger partial charge in [0.1, 0.15) is 34.5 Å². The van der Waals surface area contributed by atoms with E-state index in [1.165, 1.54) is 0 Å². The van der Waals surface area contributed by atoms with Crippen LogP contribution in [0.1, 0.15) is 52.6 Å². The minimum absolute atomic E-state index is 0.508. The minimum atomic E-state index is 0.508. The van der Waals surface area contributed by atoms with E-state index in [0.29, 0.717) is 69.8 Å².